The van der Waals surface area contributed by atoms with Crippen LogP contribution in [0.2, 0.25) is 5.02 Å². The minimum atomic E-state index is -0.590. The molecule has 7 heteroatoms. The van der Waals surface area contributed by atoms with Crippen molar-refractivity contribution >= 4 is 39.3 Å². The van der Waals surface area contributed by atoms with E-state index >= 15 is 0 Å². The molecule has 5 nitrogen and oxygen atoms in total. The summed E-state index contributed by atoms with van der Waals surface area (Å²) >= 11 is 9.46. The Balaban J connectivity index is 2.21. The van der Waals surface area contributed by atoms with E-state index in [1.807, 2.05) is 52.0 Å². The summed E-state index contributed by atoms with van der Waals surface area (Å²) in [5.41, 5.74) is 1.91. The Hall–Kier alpha value is -2.05. The zero-order valence-electron chi connectivity index (χ0n) is 18.5. The molecule has 2 rings (SSSR count). The van der Waals surface area contributed by atoms with Crippen LogP contribution in [0.1, 0.15) is 44.7 Å². The van der Waals surface area contributed by atoms with Crippen LogP contribution in [0.25, 0.3) is 0 Å². The van der Waals surface area contributed by atoms with Gasteiger partial charge in [-0.05, 0) is 68.1 Å². The molecule has 0 aliphatic rings. The third-order valence-corrected chi connectivity index (χ3v) is 6.29. The smallest absolute Gasteiger partial charge is 0.261 e. The number of halogens is 2. The molecular formula is C24H30BrClN2O3. The van der Waals surface area contributed by atoms with Crippen LogP contribution in [0, 0.1) is 6.92 Å². The fraction of sp³-hybridized carbons (Fsp3) is 0.417. The van der Waals surface area contributed by atoms with Gasteiger partial charge in [0.1, 0.15) is 11.8 Å². The highest BCUT2D eigenvalue weighted by molar-refractivity contribution is 9.10. The van der Waals surface area contributed by atoms with E-state index in [1.165, 1.54) is 0 Å². The molecule has 2 aromatic carbocycles. The number of hydrogen-bond acceptors (Lipinski definition) is 3. The van der Waals surface area contributed by atoms with E-state index in [0.717, 1.165) is 22.0 Å². The lowest BCUT2D eigenvalue weighted by Gasteiger charge is -2.31. The molecule has 0 aliphatic carbocycles. The van der Waals surface area contributed by atoms with E-state index in [0.29, 0.717) is 23.7 Å². The summed E-state index contributed by atoms with van der Waals surface area (Å²) in [5.74, 6) is 0.206. The summed E-state index contributed by atoms with van der Waals surface area (Å²) in [6.07, 6.45) is 1.32. The number of rotatable bonds is 10. The van der Waals surface area contributed by atoms with Crippen LogP contribution in [0.3, 0.4) is 0 Å². The molecule has 0 aliphatic heterocycles. The number of benzene rings is 2. The monoisotopic (exact) mass is 508 g/mol. The van der Waals surface area contributed by atoms with Crippen LogP contribution in [0.5, 0.6) is 5.75 Å². The maximum absolute atomic E-state index is 13.2. The molecule has 168 valence electrons. The molecule has 0 fully saturated rings. The molecule has 0 saturated heterocycles. The molecule has 0 unspecified atom stereocenters. The highest BCUT2D eigenvalue weighted by atomic mass is 79.9. The topological polar surface area (TPSA) is 58.6 Å². The summed E-state index contributed by atoms with van der Waals surface area (Å²) in [7, 11) is 0. The molecule has 0 saturated carbocycles. The highest BCUT2D eigenvalue weighted by Crippen LogP contribution is 2.22. The fourth-order valence-electron chi connectivity index (χ4n) is 3.08. The Kier molecular flexibility index (Phi) is 9.85. The molecule has 1 N–H and O–H groups in total. The maximum Gasteiger partial charge on any atom is 0.261 e. The summed E-state index contributed by atoms with van der Waals surface area (Å²) < 4.78 is 6.73. The van der Waals surface area contributed by atoms with E-state index in [-0.39, 0.29) is 24.5 Å². The van der Waals surface area contributed by atoms with Gasteiger partial charge in [-0.2, -0.15) is 0 Å². The molecule has 2 amide bonds. The van der Waals surface area contributed by atoms with Crippen LogP contribution in [0.4, 0.5) is 0 Å². The van der Waals surface area contributed by atoms with Crippen molar-refractivity contribution in [2.24, 2.45) is 0 Å². The standard InChI is InChI=1S/C24H30BrClN2O3/c1-5-17(4)27-24(30)22(6-2)28(14-18-7-9-19(26)10-8-18)23(29)15-31-20-11-12-21(25)16(3)13-20/h7-13,17,22H,5-6,14-15H2,1-4H3,(H,27,30)/t17-,22+/m0/s1. The highest BCUT2D eigenvalue weighted by Gasteiger charge is 2.29. The molecule has 0 heterocycles. The van der Waals surface area contributed by atoms with Crippen LogP contribution >= 0.6 is 27.5 Å². The van der Waals surface area contributed by atoms with Gasteiger partial charge in [0.25, 0.3) is 5.91 Å². The number of amides is 2. The first kappa shape index (κ1) is 25.2. The van der Waals surface area contributed by atoms with Crippen LogP contribution < -0.4 is 10.1 Å². The first-order chi connectivity index (χ1) is 14.7. The summed E-state index contributed by atoms with van der Waals surface area (Å²) in [6.45, 7) is 7.97. The maximum atomic E-state index is 13.2. The van der Waals surface area contributed by atoms with Crippen molar-refractivity contribution < 1.29 is 14.3 Å². The fourth-order valence-corrected chi connectivity index (χ4v) is 3.45. The van der Waals surface area contributed by atoms with Gasteiger partial charge in [-0.1, -0.05) is 53.5 Å². The lowest BCUT2D eigenvalue weighted by molar-refractivity contribution is -0.143. The van der Waals surface area contributed by atoms with Gasteiger partial charge >= 0.3 is 0 Å². The van der Waals surface area contributed by atoms with E-state index in [2.05, 4.69) is 21.2 Å². The van der Waals surface area contributed by atoms with Gasteiger partial charge in [0, 0.05) is 22.1 Å². The van der Waals surface area contributed by atoms with Crippen molar-refractivity contribution in [3.05, 3.63) is 63.1 Å². The van der Waals surface area contributed by atoms with Gasteiger partial charge in [0.2, 0.25) is 5.91 Å². The van der Waals surface area contributed by atoms with Crippen LogP contribution in [-0.2, 0) is 16.1 Å². The van der Waals surface area contributed by atoms with E-state index in [1.54, 1.807) is 23.1 Å². The number of carbonyl (C=O) groups excluding carboxylic acids is 2. The van der Waals surface area contributed by atoms with Gasteiger partial charge in [-0.3, -0.25) is 9.59 Å². The summed E-state index contributed by atoms with van der Waals surface area (Å²) in [5, 5.41) is 3.62. The molecule has 2 aromatic rings. The van der Waals surface area contributed by atoms with Gasteiger partial charge in [0.05, 0.1) is 0 Å². The Morgan fingerprint density at radius 1 is 1.13 bits per heavy atom. The molecule has 31 heavy (non-hydrogen) atoms. The summed E-state index contributed by atoms with van der Waals surface area (Å²) in [4.78, 5) is 27.7. The molecule has 0 radical (unpaired) electrons. The zero-order chi connectivity index (χ0) is 23.0. The number of nitrogens with one attached hydrogen (secondary N) is 1. The molecule has 0 aromatic heterocycles. The third kappa shape index (κ3) is 7.54. The van der Waals surface area contributed by atoms with E-state index < -0.39 is 6.04 Å². The van der Waals surface area contributed by atoms with Crippen molar-refractivity contribution in [3.8, 4) is 5.75 Å². The average molecular weight is 510 g/mol. The second-order valence-corrected chi connectivity index (χ2v) is 8.88. The largest absolute Gasteiger partial charge is 0.484 e. The van der Waals surface area contributed by atoms with Crippen LogP contribution in [-0.4, -0.2) is 35.4 Å². The van der Waals surface area contributed by atoms with Crippen LogP contribution in [0.15, 0.2) is 46.9 Å². The predicted octanol–water partition coefficient (Wildman–Crippen LogP) is 5.51. The second-order valence-electron chi connectivity index (χ2n) is 7.59. The van der Waals surface area contributed by atoms with Gasteiger partial charge in [-0.25, -0.2) is 0 Å². The Morgan fingerprint density at radius 2 is 1.81 bits per heavy atom. The van der Waals surface area contributed by atoms with Crippen molar-refractivity contribution in [1.29, 1.82) is 0 Å². The predicted molar refractivity (Wildman–Crippen MR) is 128 cm³/mol. The number of nitrogens with zero attached hydrogens (tertiary/aromatic N) is 1. The van der Waals surface area contributed by atoms with Crippen molar-refractivity contribution in [2.45, 2.75) is 59.2 Å². The Morgan fingerprint density at radius 3 is 2.39 bits per heavy atom. The molecular weight excluding hydrogens is 480 g/mol. The van der Waals surface area contributed by atoms with Gasteiger partial charge < -0.3 is 15.0 Å². The normalized spacial score (nSPS) is 12.7. The van der Waals surface area contributed by atoms with Gasteiger partial charge in [-0.15, -0.1) is 0 Å². The minimum Gasteiger partial charge on any atom is -0.484 e. The lowest BCUT2D eigenvalue weighted by atomic mass is 10.1. The average Bonchev–Trinajstić information content (AvgIpc) is 2.75. The zero-order valence-corrected chi connectivity index (χ0v) is 20.8. The van der Waals surface area contributed by atoms with E-state index in [4.69, 9.17) is 16.3 Å². The van der Waals surface area contributed by atoms with Crippen molar-refractivity contribution in [2.75, 3.05) is 6.61 Å². The number of hydrogen-bond donors (Lipinski definition) is 1. The second kappa shape index (κ2) is 12.1. The number of aryl methyl sites for hydroxylation is 1. The first-order valence-electron chi connectivity index (χ1n) is 10.5. The lowest BCUT2D eigenvalue weighted by Crippen LogP contribution is -2.51. The first-order valence-corrected chi connectivity index (χ1v) is 11.6. The number of carbonyl (C=O) groups is 2. The number of ether oxygens (including phenoxy) is 1. The molecule has 0 bridgehead atoms. The van der Waals surface area contributed by atoms with Gasteiger partial charge in [0.15, 0.2) is 6.61 Å². The van der Waals surface area contributed by atoms with Crippen molar-refractivity contribution in [3.63, 3.8) is 0 Å². The minimum absolute atomic E-state index is 0.0380. The quantitative estimate of drug-likeness (QED) is 0.459. The third-order valence-electron chi connectivity index (χ3n) is 5.14. The van der Waals surface area contributed by atoms with E-state index in [9.17, 15) is 9.59 Å². The Bertz CT molecular complexity index is 889. The molecule has 0 spiro atoms. The SMILES string of the molecule is CC[C@H](C(=O)N[C@@H](C)CC)N(Cc1ccc(Cl)cc1)C(=O)COc1ccc(Br)c(C)c1. The summed E-state index contributed by atoms with van der Waals surface area (Å²) in [6, 6.07) is 12.3. The molecule has 2 atom stereocenters. The Labute approximate surface area is 198 Å². The van der Waals surface area contributed by atoms with Crippen molar-refractivity contribution in [1.82, 2.24) is 10.2 Å².